The van der Waals surface area contributed by atoms with Gasteiger partial charge in [-0.25, -0.2) is 0 Å². The maximum Gasteiger partial charge on any atom is 0.233 e. The second-order valence-corrected chi connectivity index (χ2v) is 9.94. The molecule has 0 saturated heterocycles. The maximum atomic E-state index is 12.6. The van der Waals surface area contributed by atoms with Crippen LogP contribution in [-0.2, 0) is 4.79 Å². The topological polar surface area (TPSA) is 76.1 Å². The molecule has 0 spiro atoms. The van der Waals surface area contributed by atoms with Crippen LogP contribution >= 0.6 is 23.1 Å². The predicted octanol–water partition coefficient (Wildman–Crippen LogP) is 4.71. The van der Waals surface area contributed by atoms with E-state index in [0.29, 0.717) is 17.0 Å². The Morgan fingerprint density at radius 1 is 1.32 bits per heavy atom. The number of ether oxygens (including phenoxy) is 1. The average Bonchev–Trinajstić information content (AvgIpc) is 3.12. The van der Waals surface area contributed by atoms with E-state index < -0.39 is 0 Å². The summed E-state index contributed by atoms with van der Waals surface area (Å²) in [5.41, 5.74) is 0.887. The molecule has 2 aromatic rings. The smallest absolute Gasteiger partial charge is 0.233 e. The summed E-state index contributed by atoms with van der Waals surface area (Å²) in [7, 11) is 1.64. The number of anilines is 2. The summed E-state index contributed by atoms with van der Waals surface area (Å²) >= 11 is 2.89. The standard InChI is InChI=1S/C20H28N4O2S2/c1-12-7-5-10-17(13(12)2)22-18(25)14(3)27-20-24-23-19(28-20)21-15-8-6-9-16(11-15)26-4/h6,8-9,11-14,17H,5,7,10H2,1-4H3,(H,21,23)(H,22,25)/t12-,13+,14+,17-/m0/s1. The molecule has 0 unspecified atom stereocenters. The third-order valence-electron chi connectivity index (χ3n) is 5.41. The molecular weight excluding hydrogens is 392 g/mol. The number of hydrogen-bond donors (Lipinski definition) is 2. The Morgan fingerprint density at radius 2 is 2.14 bits per heavy atom. The molecule has 1 heterocycles. The van der Waals surface area contributed by atoms with Gasteiger partial charge in [-0.15, -0.1) is 10.2 Å². The third kappa shape index (κ3) is 5.38. The van der Waals surface area contributed by atoms with Crippen LogP contribution in [0.4, 0.5) is 10.8 Å². The lowest BCUT2D eigenvalue weighted by atomic mass is 9.78. The van der Waals surface area contributed by atoms with Gasteiger partial charge in [0.25, 0.3) is 0 Å². The van der Waals surface area contributed by atoms with Crippen molar-refractivity contribution in [2.75, 3.05) is 12.4 Å². The van der Waals surface area contributed by atoms with Crippen molar-refractivity contribution in [3.8, 4) is 5.75 Å². The van der Waals surface area contributed by atoms with Gasteiger partial charge in [0.05, 0.1) is 12.4 Å². The van der Waals surface area contributed by atoms with Gasteiger partial charge < -0.3 is 15.4 Å². The minimum absolute atomic E-state index is 0.0773. The van der Waals surface area contributed by atoms with Gasteiger partial charge in [0, 0.05) is 17.8 Å². The largest absolute Gasteiger partial charge is 0.497 e. The van der Waals surface area contributed by atoms with E-state index in [9.17, 15) is 4.79 Å². The highest BCUT2D eigenvalue weighted by Gasteiger charge is 2.29. The number of rotatable bonds is 7. The summed E-state index contributed by atoms with van der Waals surface area (Å²) in [5.74, 6) is 2.04. The average molecular weight is 421 g/mol. The van der Waals surface area contributed by atoms with Crippen LogP contribution in [0.1, 0.15) is 40.0 Å². The summed E-state index contributed by atoms with van der Waals surface area (Å²) < 4.78 is 6.01. The molecule has 1 aliphatic carbocycles. The van der Waals surface area contributed by atoms with E-state index in [2.05, 4.69) is 34.7 Å². The van der Waals surface area contributed by atoms with Crippen molar-refractivity contribution in [1.29, 1.82) is 0 Å². The zero-order chi connectivity index (χ0) is 20.1. The van der Waals surface area contributed by atoms with Crippen molar-refractivity contribution >= 4 is 39.8 Å². The zero-order valence-corrected chi connectivity index (χ0v) is 18.4. The van der Waals surface area contributed by atoms with Gasteiger partial charge in [0.15, 0.2) is 4.34 Å². The number of thioether (sulfide) groups is 1. The molecule has 0 bridgehead atoms. The van der Waals surface area contributed by atoms with Gasteiger partial charge in [0.1, 0.15) is 5.75 Å². The second-order valence-electron chi connectivity index (χ2n) is 7.37. The third-order valence-corrected chi connectivity index (χ3v) is 7.43. The molecule has 28 heavy (non-hydrogen) atoms. The fraction of sp³-hybridized carbons (Fsp3) is 0.550. The lowest BCUT2D eigenvalue weighted by Crippen LogP contribution is -2.46. The Balaban J connectivity index is 1.54. The monoisotopic (exact) mass is 420 g/mol. The minimum atomic E-state index is -0.206. The SMILES string of the molecule is COc1cccc(Nc2nnc(S[C@H](C)C(=O)N[C@H]3CCC[C@H](C)[C@H]3C)s2)c1. The summed E-state index contributed by atoms with van der Waals surface area (Å²) in [6.07, 6.45) is 3.52. The molecule has 152 valence electrons. The molecule has 1 fully saturated rings. The first-order valence-corrected chi connectivity index (χ1v) is 11.4. The number of carbonyl (C=O) groups is 1. The molecular formula is C20H28N4O2S2. The van der Waals surface area contributed by atoms with Gasteiger partial charge in [-0.1, -0.05) is 55.9 Å². The molecule has 0 radical (unpaired) electrons. The van der Waals surface area contributed by atoms with Crippen molar-refractivity contribution in [1.82, 2.24) is 15.5 Å². The lowest BCUT2D eigenvalue weighted by molar-refractivity contribution is -0.121. The Hall–Kier alpha value is -1.80. The van der Waals surface area contributed by atoms with Gasteiger partial charge in [-0.05, 0) is 37.3 Å². The summed E-state index contributed by atoms with van der Waals surface area (Å²) in [5, 5.41) is 15.4. The molecule has 3 rings (SSSR count). The van der Waals surface area contributed by atoms with Gasteiger partial charge in [0.2, 0.25) is 11.0 Å². The Labute approximate surface area is 174 Å². The first-order chi connectivity index (χ1) is 13.5. The molecule has 1 aromatic heterocycles. The molecule has 0 aliphatic heterocycles. The molecule has 1 saturated carbocycles. The van der Waals surface area contributed by atoms with E-state index in [1.54, 1.807) is 7.11 Å². The van der Waals surface area contributed by atoms with E-state index in [4.69, 9.17) is 4.74 Å². The summed E-state index contributed by atoms with van der Waals surface area (Å²) in [6.45, 7) is 6.45. The van der Waals surface area contributed by atoms with Crippen LogP contribution in [0.15, 0.2) is 28.6 Å². The van der Waals surface area contributed by atoms with Crippen LogP contribution in [0.2, 0.25) is 0 Å². The van der Waals surface area contributed by atoms with Crippen LogP contribution in [-0.4, -0.2) is 34.5 Å². The molecule has 6 nitrogen and oxygen atoms in total. The number of carbonyl (C=O) groups excluding carboxylic acids is 1. The van der Waals surface area contributed by atoms with Crippen LogP contribution in [0, 0.1) is 11.8 Å². The number of nitrogens with zero attached hydrogens (tertiary/aromatic N) is 2. The van der Waals surface area contributed by atoms with Crippen molar-refractivity contribution in [2.24, 2.45) is 11.8 Å². The Morgan fingerprint density at radius 3 is 2.93 bits per heavy atom. The van der Waals surface area contributed by atoms with Gasteiger partial charge in [-0.3, -0.25) is 4.79 Å². The molecule has 4 atom stereocenters. The number of aromatic nitrogens is 2. The van der Waals surface area contributed by atoms with Crippen LogP contribution < -0.4 is 15.4 Å². The number of methoxy groups -OCH3 is 1. The minimum Gasteiger partial charge on any atom is -0.497 e. The fourth-order valence-corrected chi connectivity index (χ4v) is 5.35. The highest BCUT2D eigenvalue weighted by Crippen LogP contribution is 2.32. The normalized spacial score (nSPS) is 23.1. The quantitative estimate of drug-likeness (QED) is 0.632. The van der Waals surface area contributed by atoms with Crippen LogP contribution in [0.5, 0.6) is 5.75 Å². The van der Waals surface area contributed by atoms with Crippen LogP contribution in [0.3, 0.4) is 0 Å². The molecule has 1 aromatic carbocycles. The first kappa shape index (κ1) is 20.9. The molecule has 1 amide bonds. The fourth-order valence-electron chi connectivity index (χ4n) is 3.42. The lowest BCUT2D eigenvalue weighted by Gasteiger charge is -2.35. The first-order valence-electron chi connectivity index (χ1n) is 9.68. The number of nitrogens with one attached hydrogen (secondary N) is 2. The molecule has 1 aliphatic rings. The number of hydrogen-bond acceptors (Lipinski definition) is 7. The summed E-state index contributed by atoms with van der Waals surface area (Å²) in [4.78, 5) is 12.6. The second kappa shape index (κ2) is 9.60. The van der Waals surface area contributed by atoms with Crippen LogP contribution in [0.25, 0.3) is 0 Å². The van der Waals surface area contributed by atoms with Crippen molar-refractivity contribution in [2.45, 2.75) is 55.7 Å². The zero-order valence-electron chi connectivity index (χ0n) is 16.8. The highest BCUT2D eigenvalue weighted by molar-refractivity contribution is 8.02. The number of benzene rings is 1. The maximum absolute atomic E-state index is 12.6. The van der Waals surface area contributed by atoms with E-state index in [1.165, 1.54) is 35.9 Å². The number of amides is 1. The highest BCUT2D eigenvalue weighted by atomic mass is 32.2. The van der Waals surface area contributed by atoms with E-state index in [0.717, 1.165) is 22.2 Å². The predicted molar refractivity (Wildman–Crippen MR) is 116 cm³/mol. The van der Waals surface area contributed by atoms with Gasteiger partial charge in [-0.2, -0.15) is 0 Å². The van der Waals surface area contributed by atoms with E-state index in [-0.39, 0.29) is 17.2 Å². The molecule has 8 heteroatoms. The Kier molecular flexibility index (Phi) is 7.18. The van der Waals surface area contributed by atoms with Gasteiger partial charge >= 0.3 is 0 Å². The summed E-state index contributed by atoms with van der Waals surface area (Å²) in [6, 6.07) is 7.92. The Bertz CT molecular complexity index is 798. The van der Waals surface area contributed by atoms with Crippen molar-refractivity contribution < 1.29 is 9.53 Å². The van der Waals surface area contributed by atoms with E-state index in [1.807, 2.05) is 31.2 Å². The molecule has 2 N–H and O–H groups in total. The van der Waals surface area contributed by atoms with E-state index >= 15 is 0 Å². The van der Waals surface area contributed by atoms with Crippen molar-refractivity contribution in [3.63, 3.8) is 0 Å². The van der Waals surface area contributed by atoms with Crippen molar-refractivity contribution in [3.05, 3.63) is 24.3 Å².